The zero-order valence-corrected chi connectivity index (χ0v) is 26.3. The van der Waals surface area contributed by atoms with Crippen LogP contribution in [0, 0.1) is 0 Å². The van der Waals surface area contributed by atoms with Gasteiger partial charge in [-0.2, -0.15) is 0 Å². The average Bonchev–Trinajstić information content (AvgIpc) is 3.56. The number of hydrogen-bond donors (Lipinski definition) is 2. The maximum Gasteiger partial charge on any atom is 0.334 e. The maximum absolute atomic E-state index is 11.6. The molecule has 5 heteroatoms. The first kappa shape index (κ1) is 35.3. The van der Waals surface area contributed by atoms with E-state index in [1.807, 2.05) is 13.0 Å². The summed E-state index contributed by atoms with van der Waals surface area (Å²) in [5.41, 5.74) is 0.870. The van der Waals surface area contributed by atoms with Crippen LogP contribution < -0.4 is 0 Å². The summed E-state index contributed by atoms with van der Waals surface area (Å²) >= 11 is 0. The van der Waals surface area contributed by atoms with E-state index in [1.54, 1.807) is 0 Å². The summed E-state index contributed by atoms with van der Waals surface area (Å²) in [6.07, 6.45) is 30.5. The van der Waals surface area contributed by atoms with Crippen LogP contribution in [-0.2, 0) is 14.3 Å². The van der Waals surface area contributed by atoms with Gasteiger partial charge in [0, 0.05) is 5.57 Å². The second-order valence-electron chi connectivity index (χ2n) is 12.8. The summed E-state index contributed by atoms with van der Waals surface area (Å²) in [5.74, 6) is -0.117. The van der Waals surface area contributed by atoms with Crippen molar-refractivity contribution in [2.24, 2.45) is 0 Å². The Hall–Kier alpha value is -0.910. The van der Waals surface area contributed by atoms with Crippen LogP contribution in [0.4, 0.5) is 0 Å². The molecular weight excluding hydrogens is 500 g/mol. The second-order valence-corrected chi connectivity index (χ2v) is 12.8. The van der Waals surface area contributed by atoms with Gasteiger partial charge in [0.05, 0.1) is 24.4 Å². The molecule has 1 saturated heterocycles. The molecule has 0 radical (unpaired) electrons. The number of aliphatic hydroxyl groups excluding tert-OH is 2. The van der Waals surface area contributed by atoms with Crippen molar-refractivity contribution in [2.75, 3.05) is 0 Å². The summed E-state index contributed by atoms with van der Waals surface area (Å²) in [4.78, 5) is 11.6. The van der Waals surface area contributed by atoms with Crippen LogP contribution in [0.3, 0.4) is 0 Å². The van der Waals surface area contributed by atoms with Crippen LogP contribution in [0.1, 0.15) is 174 Å². The Bertz CT molecular complexity index is 662. The lowest BCUT2D eigenvalue weighted by Gasteiger charge is -2.22. The van der Waals surface area contributed by atoms with Crippen molar-refractivity contribution in [1.82, 2.24) is 0 Å². The summed E-state index contributed by atoms with van der Waals surface area (Å²) in [6.45, 7) is 4.18. The average molecular weight is 565 g/mol. The summed E-state index contributed by atoms with van der Waals surface area (Å²) in [5, 5.41) is 21.2. The molecule has 0 bridgehead atoms. The fourth-order valence-electron chi connectivity index (χ4n) is 6.37. The van der Waals surface area contributed by atoms with E-state index in [0.717, 1.165) is 56.9 Å². The van der Waals surface area contributed by atoms with Gasteiger partial charge in [-0.3, -0.25) is 0 Å². The molecule has 2 heterocycles. The zero-order valence-electron chi connectivity index (χ0n) is 26.3. The van der Waals surface area contributed by atoms with E-state index in [0.29, 0.717) is 0 Å². The first-order valence-corrected chi connectivity index (χ1v) is 17.4. The Kier molecular flexibility index (Phi) is 20.0. The lowest BCUT2D eigenvalue weighted by atomic mass is 10.00. The van der Waals surface area contributed by atoms with Gasteiger partial charge in [-0.25, -0.2) is 4.79 Å². The number of cyclic esters (lactones) is 1. The van der Waals surface area contributed by atoms with Gasteiger partial charge in [-0.15, -0.1) is 0 Å². The molecule has 0 aromatic heterocycles. The van der Waals surface area contributed by atoms with Crippen LogP contribution >= 0.6 is 0 Å². The number of hydrogen-bond acceptors (Lipinski definition) is 5. The molecule has 0 aromatic carbocycles. The quantitative estimate of drug-likeness (QED) is 0.0809. The van der Waals surface area contributed by atoms with Gasteiger partial charge in [-0.05, 0) is 51.5 Å². The maximum atomic E-state index is 11.6. The molecule has 2 aliphatic heterocycles. The molecule has 2 aliphatic rings. The molecule has 40 heavy (non-hydrogen) atoms. The van der Waals surface area contributed by atoms with Gasteiger partial charge in [0.25, 0.3) is 0 Å². The Morgan fingerprint density at radius 1 is 0.675 bits per heavy atom. The number of unbranched alkanes of at least 4 members (excludes halogenated alkanes) is 18. The highest BCUT2D eigenvalue weighted by Crippen LogP contribution is 2.28. The van der Waals surface area contributed by atoms with Crippen LogP contribution in [0.5, 0.6) is 0 Å². The predicted octanol–water partition coefficient (Wildman–Crippen LogP) is 9.12. The van der Waals surface area contributed by atoms with Crippen molar-refractivity contribution >= 4 is 5.97 Å². The third-order valence-electron chi connectivity index (χ3n) is 8.98. The topological polar surface area (TPSA) is 76.0 Å². The van der Waals surface area contributed by atoms with Gasteiger partial charge >= 0.3 is 5.97 Å². The predicted molar refractivity (Wildman–Crippen MR) is 165 cm³/mol. The number of rotatable bonds is 26. The summed E-state index contributed by atoms with van der Waals surface area (Å²) < 4.78 is 11.2. The van der Waals surface area contributed by atoms with Crippen molar-refractivity contribution in [3.8, 4) is 0 Å². The molecule has 0 saturated carbocycles. The van der Waals surface area contributed by atoms with E-state index in [2.05, 4.69) is 6.92 Å². The second kappa shape index (κ2) is 22.7. The molecule has 0 aromatic rings. The molecule has 234 valence electrons. The molecule has 2 N–H and O–H groups in total. The normalized spacial score (nSPS) is 22.4. The van der Waals surface area contributed by atoms with Crippen molar-refractivity contribution in [2.45, 2.75) is 205 Å². The molecule has 0 spiro atoms. The zero-order chi connectivity index (χ0) is 28.8. The number of carbonyl (C=O) groups is 1. The minimum absolute atomic E-state index is 0.0443. The first-order valence-electron chi connectivity index (χ1n) is 17.4. The molecule has 0 aliphatic carbocycles. The molecule has 5 atom stereocenters. The number of ether oxygens (including phenoxy) is 2. The third kappa shape index (κ3) is 15.9. The minimum atomic E-state index is -0.389. The Labute approximate surface area is 246 Å². The van der Waals surface area contributed by atoms with E-state index in [9.17, 15) is 15.0 Å². The highest BCUT2D eigenvalue weighted by atomic mass is 16.5. The largest absolute Gasteiger partial charge is 0.455 e. The highest BCUT2D eigenvalue weighted by molar-refractivity contribution is 5.90. The molecule has 2 rings (SSSR count). The van der Waals surface area contributed by atoms with E-state index in [1.165, 1.54) is 109 Å². The molecule has 0 unspecified atom stereocenters. The van der Waals surface area contributed by atoms with E-state index in [4.69, 9.17) is 9.47 Å². The van der Waals surface area contributed by atoms with Crippen LogP contribution in [0.15, 0.2) is 11.6 Å². The van der Waals surface area contributed by atoms with Crippen LogP contribution in [0.25, 0.3) is 0 Å². The lowest BCUT2D eigenvalue weighted by Crippen LogP contribution is -2.31. The van der Waals surface area contributed by atoms with Crippen LogP contribution in [0.2, 0.25) is 0 Å². The number of esters is 1. The molecule has 5 nitrogen and oxygen atoms in total. The van der Waals surface area contributed by atoms with Crippen molar-refractivity contribution in [1.29, 1.82) is 0 Å². The number of carbonyl (C=O) groups excluding carboxylic acids is 1. The molecular formula is C35H64O5. The summed E-state index contributed by atoms with van der Waals surface area (Å²) in [7, 11) is 0. The van der Waals surface area contributed by atoms with Gasteiger partial charge in [-0.1, -0.05) is 129 Å². The standard InChI is InChI=1S/C35H64O5/c1-3-4-5-6-7-8-12-15-18-21-24-31(36)33-26-27-34(40-33)32(37)25-22-19-16-13-10-9-11-14-17-20-23-30-28-29(2)39-35(30)38/h28-29,31-34,36-37H,3-27H2,1-2H3/t29-,31+,32-,33+,34-/m0/s1. The van der Waals surface area contributed by atoms with Crippen LogP contribution in [-0.4, -0.2) is 46.7 Å². The van der Waals surface area contributed by atoms with E-state index < -0.39 is 0 Å². The Morgan fingerprint density at radius 2 is 1.07 bits per heavy atom. The molecule has 1 fully saturated rings. The Balaban J connectivity index is 1.35. The third-order valence-corrected chi connectivity index (χ3v) is 8.98. The van der Waals surface area contributed by atoms with Crippen molar-refractivity contribution in [3.63, 3.8) is 0 Å². The minimum Gasteiger partial charge on any atom is -0.455 e. The van der Waals surface area contributed by atoms with Crippen molar-refractivity contribution < 1.29 is 24.5 Å². The monoisotopic (exact) mass is 564 g/mol. The Morgan fingerprint density at radius 3 is 1.48 bits per heavy atom. The van der Waals surface area contributed by atoms with E-state index in [-0.39, 0.29) is 36.5 Å². The van der Waals surface area contributed by atoms with Crippen molar-refractivity contribution in [3.05, 3.63) is 11.6 Å². The summed E-state index contributed by atoms with van der Waals surface area (Å²) in [6, 6.07) is 0. The van der Waals surface area contributed by atoms with Gasteiger partial charge < -0.3 is 19.7 Å². The molecule has 0 amide bonds. The van der Waals surface area contributed by atoms with E-state index >= 15 is 0 Å². The first-order chi connectivity index (χ1) is 19.5. The fourth-order valence-corrected chi connectivity index (χ4v) is 6.37. The highest BCUT2D eigenvalue weighted by Gasteiger charge is 2.34. The van der Waals surface area contributed by atoms with Gasteiger partial charge in [0.2, 0.25) is 0 Å². The van der Waals surface area contributed by atoms with Gasteiger partial charge in [0.1, 0.15) is 6.10 Å². The lowest BCUT2D eigenvalue weighted by molar-refractivity contribution is -0.139. The number of aliphatic hydroxyl groups is 2. The SMILES string of the molecule is CCCCCCCCCCCC[C@@H](O)[C@H]1CC[C@@H]([C@@H](O)CCCCCCCCCCCCC2=C[C@H](C)OC2=O)O1. The fraction of sp³-hybridized carbons (Fsp3) is 0.914. The van der Waals surface area contributed by atoms with Gasteiger partial charge in [0.15, 0.2) is 0 Å². The smallest absolute Gasteiger partial charge is 0.334 e.